The van der Waals surface area contributed by atoms with E-state index in [1.54, 1.807) is 17.0 Å². The second kappa shape index (κ2) is 10.6. The third kappa shape index (κ3) is 5.71. The molecule has 0 saturated heterocycles. The van der Waals surface area contributed by atoms with Crippen LogP contribution in [0.3, 0.4) is 0 Å². The van der Waals surface area contributed by atoms with Gasteiger partial charge in [0.25, 0.3) is 0 Å². The molecular formula is C25H25ClN2O2. The molecular weight excluding hydrogens is 396 g/mol. The van der Waals surface area contributed by atoms with Gasteiger partial charge in [-0.05, 0) is 28.8 Å². The van der Waals surface area contributed by atoms with E-state index in [0.717, 1.165) is 16.7 Å². The first kappa shape index (κ1) is 21.6. The number of carbonyl (C=O) groups excluding carboxylic acids is 2. The number of halogens is 1. The van der Waals surface area contributed by atoms with Crippen LogP contribution in [0.25, 0.3) is 0 Å². The van der Waals surface area contributed by atoms with Gasteiger partial charge < -0.3 is 10.2 Å². The van der Waals surface area contributed by atoms with Crippen LogP contribution < -0.4 is 5.32 Å². The topological polar surface area (TPSA) is 49.4 Å². The molecule has 0 bridgehead atoms. The summed E-state index contributed by atoms with van der Waals surface area (Å²) in [5.41, 5.74) is 2.70. The van der Waals surface area contributed by atoms with Crippen molar-refractivity contribution in [2.75, 3.05) is 0 Å². The average Bonchev–Trinajstić information content (AvgIpc) is 2.79. The maximum absolute atomic E-state index is 13.3. The highest BCUT2D eigenvalue weighted by Crippen LogP contribution is 2.25. The van der Waals surface area contributed by atoms with Crippen molar-refractivity contribution in [3.8, 4) is 0 Å². The summed E-state index contributed by atoms with van der Waals surface area (Å²) in [6.45, 7) is 2.54. The number of carbonyl (C=O) groups is 2. The zero-order chi connectivity index (χ0) is 21.3. The summed E-state index contributed by atoms with van der Waals surface area (Å²) in [6.07, 6.45) is 0.320. The minimum absolute atomic E-state index is 0.0747. The number of hydrogen-bond acceptors (Lipinski definition) is 2. The van der Waals surface area contributed by atoms with Gasteiger partial charge in [-0.1, -0.05) is 91.3 Å². The third-order valence-electron chi connectivity index (χ3n) is 4.87. The number of nitrogens with one attached hydrogen (secondary N) is 1. The first-order chi connectivity index (χ1) is 14.6. The van der Waals surface area contributed by atoms with Crippen molar-refractivity contribution in [1.82, 2.24) is 10.2 Å². The molecule has 3 aromatic carbocycles. The summed E-state index contributed by atoms with van der Waals surface area (Å²) in [4.78, 5) is 27.8. The Hall–Kier alpha value is -3.11. The van der Waals surface area contributed by atoms with Crippen LogP contribution in [0.5, 0.6) is 0 Å². The minimum Gasteiger partial charge on any atom is -0.350 e. The van der Waals surface area contributed by atoms with Crippen LogP contribution in [0.15, 0.2) is 84.9 Å². The van der Waals surface area contributed by atoms with Crippen LogP contribution >= 0.6 is 11.6 Å². The standard InChI is InChI=1S/C25H25ClN2O2/c1-2-23(29)28(18-20-9-5-3-6-10-20)24(21-11-7-4-8-12-21)25(30)27-17-19-13-15-22(26)16-14-19/h3-16,24H,2,17-18H2,1H3,(H,27,30). The van der Waals surface area contributed by atoms with Gasteiger partial charge in [0.05, 0.1) is 0 Å². The van der Waals surface area contributed by atoms with Crippen LogP contribution in [0.4, 0.5) is 0 Å². The van der Waals surface area contributed by atoms with Gasteiger partial charge in [-0.3, -0.25) is 9.59 Å². The molecule has 0 aliphatic heterocycles. The fourth-order valence-corrected chi connectivity index (χ4v) is 3.43. The van der Waals surface area contributed by atoms with E-state index in [2.05, 4.69) is 5.32 Å². The zero-order valence-electron chi connectivity index (χ0n) is 16.9. The molecule has 0 radical (unpaired) electrons. The Kier molecular flexibility index (Phi) is 7.63. The Morgan fingerprint density at radius 3 is 2.07 bits per heavy atom. The molecule has 1 atom stereocenters. The van der Waals surface area contributed by atoms with E-state index >= 15 is 0 Å². The van der Waals surface area contributed by atoms with Crippen molar-refractivity contribution in [2.24, 2.45) is 0 Å². The van der Waals surface area contributed by atoms with E-state index in [0.29, 0.717) is 24.5 Å². The monoisotopic (exact) mass is 420 g/mol. The highest BCUT2D eigenvalue weighted by molar-refractivity contribution is 6.30. The highest BCUT2D eigenvalue weighted by Gasteiger charge is 2.30. The Morgan fingerprint density at radius 2 is 1.47 bits per heavy atom. The fraction of sp³-hybridized carbons (Fsp3) is 0.200. The van der Waals surface area contributed by atoms with E-state index in [4.69, 9.17) is 11.6 Å². The molecule has 0 aliphatic rings. The summed E-state index contributed by atoms with van der Waals surface area (Å²) in [6, 6.07) is 25.8. The molecule has 0 fully saturated rings. The highest BCUT2D eigenvalue weighted by atomic mass is 35.5. The third-order valence-corrected chi connectivity index (χ3v) is 5.13. The van der Waals surface area contributed by atoms with Gasteiger partial charge in [-0.2, -0.15) is 0 Å². The predicted molar refractivity (Wildman–Crippen MR) is 120 cm³/mol. The fourth-order valence-electron chi connectivity index (χ4n) is 3.30. The lowest BCUT2D eigenvalue weighted by Crippen LogP contribution is -2.43. The maximum atomic E-state index is 13.3. The number of amides is 2. The molecule has 5 heteroatoms. The zero-order valence-corrected chi connectivity index (χ0v) is 17.7. The van der Waals surface area contributed by atoms with Gasteiger partial charge in [-0.15, -0.1) is 0 Å². The van der Waals surface area contributed by atoms with Crippen LogP contribution in [0, 0.1) is 0 Å². The molecule has 30 heavy (non-hydrogen) atoms. The summed E-state index contributed by atoms with van der Waals surface area (Å²) < 4.78 is 0. The van der Waals surface area contributed by atoms with Crippen LogP contribution in [0.1, 0.15) is 36.1 Å². The van der Waals surface area contributed by atoms with E-state index in [1.165, 1.54) is 0 Å². The van der Waals surface area contributed by atoms with Gasteiger partial charge >= 0.3 is 0 Å². The van der Waals surface area contributed by atoms with E-state index < -0.39 is 6.04 Å². The molecule has 1 unspecified atom stereocenters. The predicted octanol–water partition coefficient (Wildman–Crippen LogP) is 5.14. The van der Waals surface area contributed by atoms with E-state index in [9.17, 15) is 9.59 Å². The molecule has 1 N–H and O–H groups in total. The maximum Gasteiger partial charge on any atom is 0.247 e. The molecule has 0 aliphatic carbocycles. The van der Waals surface area contributed by atoms with Gasteiger partial charge in [0.2, 0.25) is 11.8 Å². The van der Waals surface area contributed by atoms with Crippen molar-refractivity contribution in [3.63, 3.8) is 0 Å². The lowest BCUT2D eigenvalue weighted by atomic mass is 10.0. The Balaban J connectivity index is 1.88. The quantitative estimate of drug-likeness (QED) is 0.548. The Bertz CT molecular complexity index is 959. The van der Waals surface area contributed by atoms with E-state index in [-0.39, 0.29) is 11.8 Å². The van der Waals surface area contributed by atoms with Crippen LogP contribution in [0.2, 0.25) is 5.02 Å². The summed E-state index contributed by atoms with van der Waals surface area (Å²) in [5.74, 6) is -0.289. The molecule has 0 spiro atoms. The van der Waals surface area contributed by atoms with Crippen molar-refractivity contribution in [2.45, 2.75) is 32.5 Å². The first-order valence-electron chi connectivity index (χ1n) is 9.99. The molecule has 0 aromatic heterocycles. The second-order valence-corrected chi connectivity index (χ2v) is 7.45. The van der Waals surface area contributed by atoms with Gasteiger partial charge in [0, 0.05) is 24.5 Å². The second-order valence-electron chi connectivity index (χ2n) is 7.02. The largest absolute Gasteiger partial charge is 0.350 e. The van der Waals surface area contributed by atoms with E-state index in [1.807, 2.05) is 79.7 Å². The lowest BCUT2D eigenvalue weighted by molar-refractivity contribution is -0.141. The summed E-state index contributed by atoms with van der Waals surface area (Å²) in [5, 5.41) is 3.63. The minimum atomic E-state index is -0.717. The number of benzene rings is 3. The smallest absolute Gasteiger partial charge is 0.247 e. The molecule has 0 heterocycles. The molecule has 3 aromatic rings. The van der Waals surface area contributed by atoms with Crippen molar-refractivity contribution >= 4 is 23.4 Å². The van der Waals surface area contributed by atoms with Crippen LogP contribution in [-0.2, 0) is 22.7 Å². The first-order valence-corrected chi connectivity index (χ1v) is 10.4. The number of rotatable bonds is 8. The number of hydrogen-bond donors (Lipinski definition) is 1. The SMILES string of the molecule is CCC(=O)N(Cc1ccccc1)C(C(=O)NCc1ccc(Cl)cc1)c1ccccc1. The molecule has 154 valence electrons. The van der Waals surface area contributed by atoms with Gasteiger partial charge in [0.1, 0.15) is 6.04 Å². The molecule has 3 rings (SSSR count). The number of nitrogens with zero attached hydrogens (tertiary/aromatic N) is 1. The van der Waals surface area contributed by atoms with Crippen molar-refractivity contribution in [3.05, 3.63) is 107 Å². The van der Waals surface area contributed by atoms with Crippen molar-refractivity contribution < 1.29 is 9.59 Å². The van der Waals surface area contributed by atoms with Gasteiger partial charge in [-0.25, -0.2) is 0 Å². The molecule has 0 saturated carbocycles. The summed E-state index contributed by atoms with van der Waals surface area (Å²) >= 11 is 5.94. The van der Waals surface area contributed by atoms with Crippen LogP contribution in [-0.4, -0.2) is 16.7 Å². The normalized spacial score (nSPS) is 11.5. The van der Waals surface area contributed by atoms with Gasteiger partial charge in [0.15, 0.2) is 0 Å². The van der Waals surface area contributed by atoms with Crippen molar-refractivity contribution in [1.29, 1.82) is 0 Å². The Morgan fingerprint density at radius 1 is 0.867 bits per heavy atom. The lowest BCUT2D eigenvalue weighted by Gasteiger charge is -2.31. The Labute approximate surface area is 182 Å². The molecule has 2 amide bonds. The summed E-state index contributed by atoms with van der Waals surface area (Å²) in [7, 11) is 0. The molecule has 4 nitrogen and oxygen atoms in total. The average molecular weight is 421 g/mol.